The van der Waals surface area contributed by atoms with Gasteiger partial charge in [0.15, 0.2) is 5.78 Å². The van der Waals surface area contributed by atoms with Crippen molar-refractivity contribution in [3.05, 3.63) is 39.4 Å². The zero-order chi connectivity index (χ0) is 12.6. The molecular formula is C11H10N2O4. The highest BCUT2D eigenvalue weighted by molar-refractivity contribution is 6.04. The smallest absolute Gasteiger partial charge is 0.282 e. The number of nitrogens with zero attached hydrogens (tertiary/aromatic N) is 2. The lowest BCUT2D eigenvalue weighted by Crippen LogP contribution is -2.30. The number of likely N-dealkylation sites (N-methyl/N-ethyl adjacent to an activating group) is 1. The molecule has 0 radical (unpaired) electrons. The summed E-state index contributed by atoms with van der Waals surface area (Å²) < 4.78 is 0. The highest BCUT2D eigenvalue weighted by Crippen LogP contribution is 2.26. The van der Waals surface area contributed by atoms with Gasteiger partial charge in [-0.2, -0.15) is 0 Å². The van der Waals surface area contributed by atoms with Crippen LogP contribution in [0.5, 0.6) is 0 Å². The molecule has 0 bridgehead atoms. The van der Waals surface area contributed by atoms with Crippen LogP contribution in [0.3, 0.4) is 0 Å². The minimum atomic E-state index is -0.597. The Bertz CT molecular complexity index is 524. The molecule has 17 heavy (non-hydrogen) atoms. The number of carbonyl (C=O) groups is 2. The number of carbonyl (C=O) groups excluding carboxylic acids is 2. The van der Waals surface area contributed by atoms with Gasteiger partial charge < -0.3 is 4.90 Å². The van der Waals surface area contributed by atoms with Crippen molar-refractivity contribution >= 4 is 17.4 Å². The van der Waals surface area contributed by atoms with Gasteiger partial charge in [0.1, 0.15) is 5.56 Å². The summed E-state index contributed by atoms with van der Waals surface area (Å²) >= 11 is 0. The van der Waals surface area contributed by atoms with Gasteiger partial charge in [-0.05, 0) is 5.56 Å². The van der Waals surface area contributed by atoms with Crippen LogP contribution in [-0.2, 0) is 11.2 Å². The van der Waals surface area contributed by atoms with Crippen LogP contribution in [0, 0.1) is 10.1 Å². The number of nitro groups is 1. The van der Waals surface area contributed by atoms with E-state index in [1.807, 2.05) is 0 Å². The number of ketones is 1. The molecule has 1 aromatic rings. The Kier molecular flexibility index (Phi) is 2.63. The zero-order valence-electron chi connectivity index (χ0n) is 9.17. The predicted octanol–water partition coefficient (Wildman–Crippen LogP) is 0.792. The third-order valence-electron chi connectivity index (χ3n) is 2.69. The van der Waals surface area contributed by atoms with Crippen molar-refractivity contribution in [2.45, 2.75) is 6.42 Å². The van der Waals surface area contributed by atoms with Crippen LogP contribution in [0.15, 0.2) is 18.2 Å². The summed E-state index contributed by atoms with van der Waals surface area (Å²) in [7, 11) is 1.46. The summed E-state index contributed by atoms with van der Waals surface area (Å²) in [4.78, 5) is 35.0. The van der Waals surface area contributed by atoms with Gasteiger partial charge in [0.2, 0.25) is 0 Å². The Balaban J connectivity index is 2.66. The van der Waals surface area contributed by atoms with Crippen molar-refractivity contribution in [1.82, 2.24) is 4.90 Å². The van der Waals surface area contributed by atoms with Gasteiger partial charge in [-0.25, -0.2) is 0 Å². The van der Waals surface area contributed by atoms with E-state index in [-0.39, 0.29) is 30.0 Å². The van der Waals surface area contributed by atoms with E-state index in [4.69, 9.17) is 0 Å². The Morgan fingerprint density at radius 3 is 2.71 bits per heavy atom. The molecule has 1 amide bonds. The first-order valence-corrected chi connectivity index (χ1v) is 5.04. The average molecular weight is 234 g/mol. The van der Waals surface area contributed by atoms with E-state index in [2.05, 4.69) is 0 Å². The second-order valence-electron chi connectivity index (χ2n) is 3.95. The predicted molar refractivity (Wildman–Crippen MR) is 58.8 cm³/mol. The van der Waals surface area contributed by atoms with Crippen molar-refractivity contribution in [1.29, 1.82) is 0 Å². The number of hydrogen-bond acceptors (Lipinski definition) is 4. The van der Waals surface area contributed by atoms with Gasteiger partial charge in [-0.3, -0.25) is 19.7 Å². The van der Waals surface area contributed by atoms with Crippen molar-refractivity contribution in [3.8, 4) is 0 Å². The fourth-order valence-electron chi connectivity index (χ4n) is 1.93. The van der Waals surface area contributed by atoms with Crippen molar-refractivity contribution in [3.63, 3.8) is 0 Å². The number of nitro benzene ring substituents is 1. The molecule has 6 nitrogen and oxygen atoms in total. The third-order valence-corrected chi connectivity index (χ3v) is 2.69. The molecule has 6 heteroatoms. The van der Waals surface area contributed by atoms with Gasteiger partial charge in [0.05, 0.1) is 11.5 Å². The van der Waals surface area contributed by atoms with Crippen molar-refractivity contribution in [2.24, 2.45) is 0 Å². The van der Waals surface area contributed by atoms with Gasteiger partial charge in [0, 0.05) is 19.5 Å². The van der Waals surface area contributed by atoms with Gasteiger partial charge in [-0.15, -0.1) is 0 Å². The maximum atomic E-state index is 12.0. The molecule has 0 unspecified atom stereocenters. The molecule has 2 rings (SSSR count). The van der Waals surface area contributed by atoms with Crippen LogP contribution < -0.4 is 0 Å². The second kappa shape index (κ2) is 3.97. The number of hydrogen-bond donors (Lipinski definition) is 0. The largest absolute Gasteiger partial charge is 0.334 e. The fourth-order valence-corrected chi connectivity index (χ4v) is 1.93. The van der Waals surface area contributed by atoms with Crippen molar-refractivity contribution < 1.29 is 14.5 Å². The van der Waals surface area contributed by atoms with Gasteiger partial charge in [-0.1, -0.05) is 12.1 Å². The first kappa shape index (κ1) is 11.3. The van der Waals surface area contributed by atoms with Gasteiger partial charge >= 0.3 is 0 Å². The van der Waals surface area contributed by atoms with Crippen LogP contribution in [0.4, 0.5) is 5.69 Å². The number of fused-ring (bicyclic) bond motifs is 1. The summed E-state index contributed by atoms with van der Waals surface area (Å²) in [6.07, 6.45) is 0.0626. The molecule has 0 atom stereocenters. The Hall–Kier alpha value is -2.24. The number of rotatable bonds is 1. The maximum absolute atomic E-state index is 12.0. The van der Waals surface area contributed by atoms with Crippen molar-refractivity contribution in [2.75, 3.05) is 13.6 Å². The molecule has 88 valence electrons. The highest BCUT2D eigenvalue weighted by atomic mass is 16.6. The van der Waals surface area contributed by atoms with E-state index in [9.17, 15) is 19.7 Å². The highest BCUT2D eigenvalue weighted by Gasteiger charge is 2.30. The molecule has 1 aliphatic rings. The van der Waals surface area contributed by atoms with Crippen LogP contribution in [0.2, 0.25) is 0 Å². The summed E-state index contributed by atoms with van der Waals surface area (Å²) in [6.45, 7) is -0.00926. The quantitative estimate of drug-likeness (QED) is 0.531. The van der Waals surface area contributed by atoms with Crippen LogP contribution in [-0.4, -0.2) is 35.1 Å². The monoisotopic (exact) mass is 234 g/mol. The normalized spacial score (nSPS) is 15.5. The molecular weight excluding hydrogens is 224 g/mol. The lowest BCUT2D eigenvalue weighted by Gasteiger charge is -2.13. The first-order chi connectivity index (χ1) is 8.00. The summed E-state index contributed by atoms with van der Waals surface area (Å²) in [6, 6.07) is 4.35. The molecule has 0 saturated heterocycles. The topological polar surface area (TPSA) is 80.5 Å². The number of amides is 1. The van der Waals surface area contributed by atoms with Crippen LogP contribution in [0.1, 0.15) is 15.9 Å². The summed E-state index contributed by atoms with van der Waals surface area (Å²) in [5.41, 5.74) is 0.221. The summed E-state index contributed by atoms with van der Waals surface area (Å²) in [5, 5.41) is 10.9. The van der Waals surface area contributed by atoms with Crippen LogP contribution >= 0.6 is 0 Å². The van der Waals surface area contributed by atoms with E-state index in [0.29, 0.717) is 5.56 Å². The van der Waals surface area contributed by atoms with Crippen LogP contribution in [0.25, 0.3) is 0 Å². The van der Waals surface area contributed by atoms with E-state index < -0.39 is 10.8 Å². The molecule has 1 aliphatic heterocycles. The van der Waals surface area contributed by atoms with E-state index in [0.717, 1.165) is 0 Å². The second-order valence-corrected chi connectivity index (χ2v) is 3.95. The molecule has 0 aromatic heterocycles. The number of benzene rings is 1. The SMILES string of the molecule is CN1CC(=O)Cc2cccc([N+](=O)[O-])c2C1=O. The molecule has 0 spiro atoms. The zero-order valence-corrected chi connectivity index (χ0v) is 9.17. The Labute approximate surface area is 97.0 Å². The van der Waals surface area contributed by atoms with Gasteiger partial charge in [0.25, 0.3) is 11.6 Å². The molecule has 0 saturated carbocycles. The Morgan fingerprint density at radius 2 is 2.06 bits per heavy atom. The standard InChI is InChI=1S/C11H10N2O4/c1-12-6-8(14)5-7-3-2-4-9(13(16)17)10(7)11(12)15/h2-4H,5-6H2,1H3. The van der Waals surface area contributed by atoms with E-state index in [1.165, 1.54) is 24.1 Å². The average Bonchev–Trinajstić information content (AvgIpc) is 2.36. The molecule has 0 aliphatic carbocycles. The Morgan fingerprint density at radius 1 is 1.35 bits per heavy atom. The number of Topliss-reactive ketones (excluding diaryl/α,β-unsaturated/α-hetero) is 1. The van der Waals surface area contributed by atoms with E-state index >= 15 is 0 Å². The molecule has 1 heterocycles. The molecule has 1 aromatic carbocycles. The summed E-state index contributed by atoms with van der Waals surface area (Å²) in [5.74, 6) is -0.599. The third kappa shape index (κ3) is 1.89. The lowest BCUT2D eigenvalue weighted by molar-refractivity contribution is -0.385. The first-order valence-electron chi connectivity index (χ1n) is 5.04. The lowest BCUT2D eigenvalue weighted by atomic mass is 10.0. The molecule has 0 N–H and O–H groups in total. The minimum absolute atomic E-state index is 0.00926. The molecule has 0 fully saturated rings. The minimum Gasteiger partial charge on any atom is -0.334 e. The van der Waals surface area contributed by atoms with E-state index in [1.54, 1.807) is 6.07 Å². The maximum Gasteiger partial charge on any atom is 0.282 e. The fraction of sp³-hybridized carbons (Fsp3) is 0.273.